The van der Waals surface area contributed by atoms with Crippen molar-refractivity contribution in [2.45, 2.75) is 45.6 Å². The molecule has 0 saturated heterocycles. The van der Waals surface area contributed by atoms with Gasteiger partial charge in [0.1, 0.15) is 11.8 Å². The monoisotopic (exact) mass is 430 g/mol. The van der Waals surface area contributed by atoms with E-state index in [0.717, 1.165) is 18.4 Å². The van der Waals surface area contributed by atoms with Gasteiger partial charge < -0.3 is 15.0 Å². The Labute approximate surface area is 184 Å². The van der Waals surface area contributed by atoms with E-state index >= 15 is 0 Å². The van der Waals surface area contributed by atoms with Crippen molar-refractivity contribution in [3.63, 3.8) is 0 Å². The van der Waals surface area contributed by atoms with E-state index in [0.29, 0.717) is 36.7 Å². The van der Waals surface area contributed by atoms with Gasteiger partial charge in [-0.25, -0.2) is 0 Å². The van der Waals surface area contributed by atoms with Crippen LogP contribution in [0.2, 0.25) is 5.02 Å². The van der Waals surface area contributed by atoms with E-state index in [9.17, 15) is 9.59 Å². The number of amides is 2. The highest BCUT2D eigenvalue weighted by atomic mass is 35.5. The minimum atomic E-state index is -0.534. The predicted octanol–water partition coefficient (Wildman–Crippen LogP) is 4.49. The lowest BCUT2D eigenvalue weighted by molar-refractivity contribution is -0.142. The van der Waals surface area contributed by atoms with Gasteiger partial charge in [0.2, 0.25) is 5.91 Å². The van der Waals surface area contributed by atoms with Gasteiger partial charge in [-0.1, -0.05) is 74.3 Å². The fourth-order valence-corrected chi connectivity index (χ4v) is 3.38. The summed E-state index contributed by atoms with van der Waals surface area (Å²) in [7, 11) is 0. The van der Waals surface area contributed by atoms with Gasteiger partial charge in [-0.2, -0.15) is 0 Å². The lowest BCUT2D eigenvalue weighted by atomic mass is 10.1. The summed E-state index contributed by atoms with van der Waals surface area (Å²) in [4.78, 5) is 27.5. The molecule has 1 N–H and O–H groups in total. The average molecular weight is 431 g/mol. The zero-order chi connectivity index (χ0) is 21.8. The third-order valence-electron chi connectivity index (χ3n) is 4.89. The summed E-state index contributed by atoms with van der Waals surface area (Å²) in [6.07, 6.45) is 3.11. The first-order valence-electron chi connectivity index (χ1n) is 10.5. The van der Waals surface area contributed by atoms with Crippen LogP contribution in [0, 0.1) is 0 Å². The Hall–Kier alpha value is -2.53. The second-order valence-corrected chi connectivity index (χ2v) is 7.52. The van der Waals surface area contributed by atoms with Crippen molar-refractivity contribution in [1.82, 2.24) is 10.2 Å². The van der Waals surface area contributed by atoms with Crippen molar-refractivity contribution in [1.29, 1.82) is 0 Å². The molecule has 2 aromatic rings. The number of carbonyl (C=O) groups is 2. The third-order valence-corrected chi connectivity index (χ3v) is 5.20. The van der Waals surface area contributed by atoms with Crippen LogP contribution in [0.25, 0.3) is 0 Å². The van der Waals surface area contributed by atoms with E-state index in [1.807, 2.05) is 37.3 Å². The van der Waals surface area contributed by atoms with Crippen molar-refractivity contribution in [2.75, 3.05) is 19.7 Å². The number of para-hydroxylation sites is 1. The van der Waals surface area contributed by atoms with Crippen LogP contribution in [0.4, 0.5) is 0 Å². The predicted molar refractivity (Wildman–Crippen MR) is 121 cm³/mol. The molecular weight excluding hydrogens is 400 g/mol. The van der Waals surface area contributed by atoms with Crippen LogP contribution >= 0.6 is 11.6 Å². The molecule has 0 aliphatic heterocycles. The number of benzene rings is 2. The molecule has 162 valence electrons. The second kappa shape index (κ2) is 12.9. The van der Waals surface area contributed by atoms with Gasteiger partial charge in [0.25, 0.3) is 5.91 Å². The molecule has 0 spiro atoms. The number of halogens is 1. The van der Waals surface area contributed by atoms with Gasteiger partial charge in [-0.15, -0.1) is 0 Å². The summed E-state index contributed by atoms with van der Waals surface area (Å²) in [6.45, 7) is 4.88. The molecule has 0 fully saturated rings. The van der Waals surface area contributed by atoms with E-state index in [-0.39, 0.29) is 18.4 Å². The lowest BCUT2D eigenvalue weighted by Gasteiger charge is -2.30. The van der Waals surface area contributed by atoms with Gasteiger partial charge in [0.05, 0.1) is 5.02 Å². The van der Waals surface area contributed by atoms with Crippen molar-refractivity contribution in [3.8, 4) is 5.75 Å². The minimum Gasteiger partial charge on any atom is -0.482 e. The van der Waals surface area contributed by atoms with Gasteiger partial charge in [-0.05, 0) is 37.0 Å². The Bertz CT molecular complexity index is 798. The van der Waals surface area contributed by atoms with Crippen molar-refractivity contribution >= 4 is 23.4 Å². The van der Waals surface area contributed by atoms with E-state index in [1.165, 1.54) is 0 Å². The van der Waals surface area contributed by atoms with Crippen LogP contribution in [0.5, 0.6) is 5.75 Å². The number of hydrogen-bond acceptors (Lipinski definition) is 3. The number of unbranched alkanes of at least 4 members (excludes halogenated alkanes) is 1. The third kappa shape index (κ3) is 7.38. The fourth-order valence-electron chi connectivity index (χ4n) is 3.19. The van der Waals surface area contributed by atoms with Crippen LogP contribution in [0.15, 0.2) is 54.6 Å². The molecule has 2 rings (SSSR count). The van der Waals surface area contributed by atoms with Crippen molar-refractivity contribution in [3.05, 3.63) is 65.2 Å². The molecule has 0 aliphatic carbocycles. The molecule has 2 amide bonds. The van der Waals surface area contributed by atoms with Gasteiger partial charge >= 0.3 is 0 Å². The zero-order valence-electron chi connectivity index (χ0n) is 17.8. The van der Waals surface area contributed by atoms with Crippen LogP contribution in [0.3, 0.4) is 0 Å². The molecule has 5 nitrogen and oxygen atoms in total. The molecule has 0 saturated carbocycles. The Balaban J connectivity index is 2.10. The highest BCUT2D eigenvalue weighted by Crippen LogP contribution is 2.23. The number of nitrogens with zero attached hydrogens (tertiary/aromatic N) is 1. The fraction of sp³-hybridized carbons (Fsp3) is 0.417. The van der Waals surface area contributed by atoms with Crippen LogP contribution in [-0.4, -0.2) is 42.5 Å². The van der Waals surface area contributed by atoms with E-state index in [1.54, 1.807) is 29.2 Å². The summed E-state index contributed by atoms with van der Waals surface area (Å²) in [6, 6.07) is 16.4. The maximum Gasteiger partial charge on any atom is 0.261 e. The zero-order valence-corrected chi connectivity index (χ0v) is 18.5. The van der Waals surface area contributed by atoms with Crippen LogP contribution in [0.1, 0.15) is 38.7 Å². The molecule has 2 aromatic carbocycles. The summed E-state index contributed by atoms with van der Waals surface area (Å²) in [5.41, 5.74) is 1.11. The maximum absolute atomic E-state index is 13.1. The Morgan fingerprint density at radius 3 is 2.43 bits per heavy atom. The van der Waals surface area contributed by atoms with E-state index < -0.39 is 6.04 Å². The largest absolute Gasteiger partial charge is 0.482 e. The summed E-state index contributed by atoms with van der Waals surface area (Å²) >= 11 is 6.13. The molecule has 0 aromatic heterocycles. The summed E-state index contributed by atoms with van der Waals surface area (Å²) in [5.74, 6) is 0.101. The average Bonchev–Trinajstić information content (AvgIpc) is 2.76. The van der Waals surface area contributed by atoms with Gasteiger partial charge in [0, 0.05) is 13.1 Å². The number of ether oxygens (including phenoxy) is 1. The summed E-state index contributed by atoms with van der Waals surface area (Å²) in [5, 5.41) is 3.41. The molecule has 0 aliphatic rings. The molecule has 30 heavy (non-hydrogen) atoms. The molecule has 0 heterocycles. The van der Waals surface area contributed by atoms with Gasteiger partial charge in [0.15, 0.2) is 6.61 Å². The van der Waals surface area contributed by atoms with E-state index in [2.05, 4.69) is 12.2 Å². The maximum atomic E-state index is 13.1. The highest BCUT2D eigenvalue weighted by molar-refractivity contribution is 6.32. The standard InChI is InChI=1S/C24H31ClN2O3/c1-3-5-16-26-24(29)21(4-2)27(17-15-19-11-7-6-8-12-19)23(28)18-30-22-14-10-9-13-20(22)25/h6-14,21H,3-5,15-18H2,1-2H3,(H,26,29)/t21-/m1/s1. The molecule has 1 atom stereocenters. The van der Waals surface area contributed by atoms with Crippen molar-refractivity contribution in [2.24, 2.45) is 0 Å². The second-order valence-electron chi connectivity index (χ2n) is 7.11. The molecule has 0 radical (unpaired) electrons. The van der Waals surface area contributed by atoms with Crippen LogP contribution < -0.4 is 10.1 Å². The molecule has 6 heteroatoms. The van der Waals surface area contributed by atoms with E-state index in [4.69, 9.17) is 16.3 Å². The number of carbonyl (C=O) groups excluding carboxylic acids is 2. The highest BCUT2D eigenvalue weighted by Gasteiger charge is 2.28. The quantitative estimate of drug-likeness (QED) is 0.505. The van der Waals surface area contributed by atoms with Crippen LogP contribution in [-0.2, 0) is 16.0 Å². The number of nitrogens with one attached hydrogen (secondary N) is 1. The Morgan fingerprint density at radius 1 is 1.07 bits per heavy atom. The normalized spacial score (nSPS) is 11.6. The first kappa shape index (κ1) is 23.7. The first-order chi connectivity index (χ1) is 14.6. The topological polar surface area (TPSA) is 58.6 Å². The van der Waals surface area contributed by atoms with Crippen molar-refractivity contribution < 1.29 is 14.3 Å². The minimum absolute atomic E-state index is 0.120. The molecular formula is C24H31ClN2O3. The Kier molecular flexibility index (Phi) is 10.2. The Morgan fingerprint density at radius 2 is 1.77 bits per heavy atom. The molecule has 0 unspecified atom stereocenters. The van der Waals surface area contributed by atoms with Gasteiger partial charge in [-0.3, -0.25) is 9.59 Å². The number of hydrogen-bond donors (Lipinski definition) is 1. The smallest absolute Gasteiger partial charge is 0.261 e. The SMILES string of the molecule is CCCCNC(=O)[C@@H](CC)N(CCc1ccccc1)C(=O)COc1ccccc1Cl. The lowest BCUT2D eigenvalue weighted by Crippen LogP contribution is -2.51. The summed E-state index contributed by atoms with van der Waals surface area (Å²) < 4.78 is 5.65. The first-order valence-corrected chi connectivity index (χ1v) is 10.9. The molecule has 0 bridgehead atoms. The number of rotatable bonds is 12.